The number of benzene rings is 2. The monoisotopic (exact) mass is 330 g/mol. The lowest BCUT2D eigenvalue weighted by molar-refractivity contribution is -0.137. The van der Waals surface area contributed by atoms with Crippen molar-refractivity contribution in [3.8, 4) is 0 Å². The molecule has 2 aromatic rings. The van der Waals surface area contributed by atoms with Crippen LogP contribution in [-0.2, 0) is 11.0 Å². The molecule has 2 N–H and O–H groups in total. The summed E-state index contributed by atoms with van der Waals surface area (Å²) < 4.78 is 38.3. The third kappa shape index (κ3) is 3.17. The number of hydrogen-bond donors (Lipinski definition) is 2. The van der Waals surface area contributed by atoms with E-state index in [1.807, 2.05) is 24.3 Å². The molecule has 2 unspecified atom stereocenters. The summed E-state index contributed by atoms with van der Waals surface area (Å²) in [5.41, 5.74) is 1.10. The van der Waals surface area contributed by atoms with Crippen LogP contribution in [0.3, 0.4) is 0 Å². The molecule has 0 fully saturated rings. The number of carbonyl (C=O) groups is 1. The summed E-state index contributed by atoms with van der Waals surface area (Å²) >= 11 is 0. The van der Waals surface area contributed by atoms with E-state index in [9.17, 15) is 18.0 Å². The number of rotatable bonds is 3. The molecule has 2 radical (unpaired) electrons. The van der Waals surface area contributed by atoms with Crippen LogP contribution in [0.1, 0.15) is 35.1 Å². The zero-order chi connectivity index (χ0) is 17.3. The predicted molar refractivity (Wildman–Crippen MR) is 85.5 cm³/mol. The number of halogens is 3. The highest BCUT2D eigenvalue weighted by molar-refractivity contribution is 6.05. The summed E-state index contributed by atoms with van der Waals surface area (Å²) in [7, 11) is 5.52. The minimum absolute atomic E-state index is 0.122. The quantitative estimate of drug-likeness (QED) is 0.845. The van der Waals surface area contributed by atoms with Gasteiger partial charge in [-0.15, -0.1) is 0 Å². The highest BCUT2D eigenvalue weighted by Crippen LogP contribution is 2.40. The van der Waals surface area contributed by atoms with Crippen LogP contribution in [0, 0.1) is 0 Å². The molecule has 1 aliphatic rings. The van der Waals surface area contributed by atoms with Crippen molar-refractivity contribution in [2.24, 2.45) is 0 Å². The second-order valence-corrected chi connectivity index (χ2v) is 5.70. The van der Waals surface area contributed by atoms with Crippen LogP contribution < -0.4 is 10.5 Å². The number of hydrogen-bond acceptors (Lipinski definition) is 2. The standard InChI is InChI=1S/C17H14BF3N2O/c18-23-15-9-14(12-6-1-2-7-13(12)15)16(24)22-11-5-3-4-10(8-11)17(19,20)21/h1-8,14-15,23H,9H2,(H,22,24). The summed E-state index contributed by atoms with van der Waals surface area (Å²) in [6.07, 6.45) is -3.99. The number of fused-ring (bicyclic) bond motifs is 1. The maximum absolute atomic E-state index is 12.8. The van der Waals surface area contributed by atoms with E-state index in [-0.39, 0.29) is 17.6 Å². The molecule has 0 saturated carbocycles. The average molecular weight is 330 g/mol. The van der Waals surface area contributed by atoms with Gasteiger partial charge in [-0.1, -0.05) is 30.3 Å². The molecule has 2 aromatic carbocycles. The molecule has 24 heavy (non-hydrogen) atoms. The molecule has 0 aliphatic heterocycles. The highest BCUT2D eigenvalue weighted by Gasteiger charge is 2.35. The van der Waals surface area contributed by atoms with Gasteiger partial charge >= 0.3 is 6.18 Å². The Balaban J connectivity index is 1.82. The van der Waals surface area contributed by atoms with Gasteiger partial charge in [0.15, 0.2) is 7.98 Å². The van der Waals surface area contributed by atoms with Crippen LogP contribution in [0.25, 0.3) is 0 Å². The van der Waals surface area contributed by atoms with Crippen molar-refractivity contribution in [3.05, 3.63) is 65.2 Å². The van der Waals surface area contributed by atoms with Gasteiger partial charge in [0.25, 0.3) is 0 Å². The van der Waals surface area contributed by atoms with Crippen LogP contribution >= 0.6 is 0 Å². The number of amides is 1. The molecule has 0 saturated heterocycles. The molecule has 1 aliphatic carbocycles. The normalized spacial score (nSPS) is 19.8. The maximum atomic E-state index is 12.8. The van der Waals surface area contributed by atoms with Crippen molar-refractivity contribution in [1.82, 2.24) is 5.23 Å². The third-order valence-electron chi connectivity index (χ3n) is 4.19. The average Bonchev–Trinajstić information content (AvgIpc) is 2.93. The van der Waals surface area contributed by atoms with Crippen LogP contribution in [0.15, 0.2) is 48.5 Å². The molecule has 3 nitrogen and oxygen atoms in total. The van der Waals surface area contributed by atoms with Gasteiger partial charge in [0.2, 0.25) is 5.91 Å². The Labute approximate surface area is 138 Å². The third-order valence-corrected chi connectivity index (χ3v) is 4.19. The fourth-order valence-electron chi connectivity index (χ4n) is 3.04. The van der Waals surface area contributed by atoms with E-state index in [1.165, 1.54) is 12.1 Å². The van der Waals surface area contributed by atoms with Crippen molar-refractivity contribution in [1.29, 1.82) is 0 Å². The minimum Gasteiger partial charge on any atom is -0.360 e. The largest absolute Gasteiger partial charge is 0.416 e. The molecular weight excluding hydrogens is 316 g/mol. The number of nitrogens with one attached hydrogen (secondary N) is 2. The molecule has 0 bridgehead atoms. The van der Waals surface area contributed by atoms with Gasteiger partial charge in [-0.3, -0.25) is 4.79 Å². The van der Waals surface area contributed by atoms with E-state index in [2.05, 4.69) is 10.5 Å². The summed E-state index contributed by atoms with van der Waals surface area (Å²) in [5.74, 6) is -0.809. The second kappa shape index (κ2) is 6.32. The van der Waals surface area contributed by atoms with Gasteiger partial charge in [-0.2, -0.15) is 13.2 Å². The van der Waals surface area contributed by atoms with E-state index in [4.69, 9.17) is 7.98 Å². The van der Waals surface area contributed by atoms with Crippen molar-refractivity contribution in [2.75, 3.05) is 5.32 Å². The molecule has 0 heterocycles. The Morgan fingerprint density at radius 2 is 1.79 bits per heavy atom. The fourth-order valence-corrected chi connectivity index (χ4v) is 3.04. The summed E-state index contributed by atoms with van der Waals surface area (Å²) in [5, 5.41) is 5.24. The highest BCUT2D eigenvalue weighted by atomic mass is 19.4. The van der Waals surface area contributed by atoms with Crippen molar-refractivity contribution in [2.45, 2.75) is 24.6 Å². The summed E-state index contributed by atoms with van der Waals surface area (Å²) in [6, 6.07) is 11.8. The van der Waals surface area contributed by atoms with E-state index in [0.29, 0.717) is 6.42 Å². The summed E-state index contributed by atoms with van der Waals surface area (Å²) in [4.78, 5) is 12.5. The van der Waals surface area contributed by atoms with Crippen molar-refractivity contribution < 1.29 is 18.0 Å². The lowest BCUT2D eigenvalue weighted by Crippen LogP contribution is -2.21. The Bertz CT molecular complexity index is 763. The summed E-state index contributed by atoms with van der Waals surface area (Å²) in [6.45, 7) is 0. The Kier molecular flexibility index (Phi) is 4.36. The first-order valence-corrected chi connectivity index (χ1v) is 7.43. The van der Waals surface area contributed by atoms with E-state index >= 15 is 0 Å². The fraction of sp³-hybridized carbons (Fsp3) is 0.235. The van der Waals surface area contributed by atoms with E-state index in [1.54, 1.807) is 0 Å². The predicted octanol–water partition coefficient (Wildman–Crippen LogP) is 3.55. The minimum atomic E-state index is -4.45. The Morgan fingerprint density at radius 3 is 2.46 bits per heavy atom. The maximum Gasteiger partial charge on any atom is 0.416 e. The van der Waals surface area contributed by atoms with Gasteiger partial charge in [0.05, 0.1) is 11.5 Å². The molecule has 122 valence electrons. The van der Waals surface area contributed by atoms with Crippen LogP contribution in [-0.4, -0.2) is 13.9 Å². The van der Waals surface area contributed by atoms with Gasteiger partial charge in [0.1, 0.15) is 0 Å². The Hall–Kier alpha value is -2.28. The SMILES string of the molecule is [B]NC1CC(C(=O)Nc2cccc(C(F)(F)F)c2)c2ccccc21. The molecule has 0 spiro atoms. The topological polar surface area (TPSA) is 41.1 Å². The first-order chi connectivity index (χ1) is 11.4. The number of carbonyl (C=O) groups excluding carboxylic acids is 1. The van der Waals surface area contributed by atoms with E-state index < -0.39 is 17.7 Å². The molecule has 1 amide bonds. The number of anilines is 1. The van der Waals surface area contributed by atoms with E-state index in [0.717, 1.165) is 23.3 Å². The smallest absolute Gasteiger partial charge is 0.360 e. The molecule has 7 heteroatoms. The molecule has 2 atom stereocenters. The first kappa shape index (κ1) is 16.6. The second-order valence-electron chi connectivity index (χ2n) is 5.70. The van der Waals surface area contributed by atoms with Gasteiger partial charge < -0.3 is 10.5 Å². The lowest BCUT2D eigenvalue weighted by atomic mass is 10.0. The van der Waals surface area contributed by atoms with Gasteiger partial charge in [0, 0.05) is 11.7 Å². The zero-order valence-electron chi connectivity index (χ0n) is 12.6. The van der Waals surface area contributed by atoms with Crippen molar-refractivity contribution >= 4 is 19.6 Å². The molecule has 3 rings (SSSR count). The first-order valence-electron chi connectivity index (χ1n) is 7.43. The van der Waals surface area contributed by atoms with Crippen LogP contribution in [0.2, 0.25) is 0 Å². The molecule has 0 aromatic heterocycles. The lowest BCUT2D eigenvalue weighted by Gasteiger charge is -2.14. The van der Waals surface area contributed by atoms with Crippen LogP contribution in [0.5, 0.6) is 0 Å². The number of alkyl halides is 3. The van der Waals surface area contributed by atoms with Crippen LogP contribution in [0.4, 0.5) is 18.9 Å². The van der Waals surface area contributed by atoms with Gasteiger partial charge in [-0.25, -0.2) is 0 Å². The Morgan fingerprint density at radius 1 is 1.08 bits per heavy atom. The zero-order valence-corrected chi connectivity index (χ0v) is 12.6. The molecular formula is C17H14BF3N2O. The van der Waals surface area contributed by atoms with Crippen molar-refractivity contribution in [3.63, 3.8) is 0 Å². The van der Waals surface area contributed by atoms with Gasteiger partial charge in [-0.05, 0) is 35.7 Å².